The molecule has 24 heavy (non-hydrogen) atoms. The number of methoxy groups -OCH3 is 1. The SMILES string of the molecule is COCCOCc1ccc2c3c([nH]nc13)-c1cccc(O)c1C2=O. The number of benzene rings is 2. The van der Waals surface area contributed by atoms with Gasteiger partial charge in [0.15, 0.2) is 5.78 Å². The van der Waals surface area contributed by atoms with Crippen LogP contribution in [0.3, 0.4) is 0 Å². The van der Waals surface area contributed by atoms with Gasteiger partial charge < -0.3 is 14.6 Å². The molecule has 0 unspecified atom stereocenters. The number of H-pyrrole nitrogens is 1. The number of rotatable bonds is 5. The summed E-state index contributed by atoms with van der Waals surface area (Å²) in [6, 6.07) is 8.67. The van der Waals surface area contributed by atoms with E-state index in [4.69, 9.17) is 9.47 Å². The first-order valence-corrected chi connectivity index (χ1v) is 7.66. The van der Waals surface area contributed by atoms with E-state index in [0.717, 1.165) is 22.2 Å². The molecule has 1 aromatic heterocycles. The minimum absolute atomic E-state index is 0.0159. The monoisotopic (exact) mass is 324 g/mol. The molecular formula is C18H16N2O4. The molecule has 1 aliphatic rings. The number of phenolic OH excluding ortho intramolecular Hbond substituents is 1. The fraction of sp³-hybridized carbons (Fsp3) is 0.222. The van der Waals surface area contributed by atoms with Crippen molar-refractivity contribution in [2.75, 3.05) is 20.3 Å². The zero-order valence-corrected chi connectivity index (χ0v) is 13.1. The lowest BCUT2D eigenvalue weighted by molar-refractivity contribution is 0.0621. The molecule has 6 nitrogen and oxygen atoms in total. The van der Waals surface area contributed by atoms with Crippen molar-refractivity contribution in [2.45, 2.75) is 6.61 Å². The molecule has 3 aromatic rings. The standard InChI is InChI=1S/C18H16N2O4/c1-23-7-8-24-9-10-5-6-12-15-16(10)19-20-17(15)11-3-2-4-13(21)14(11)18(12)22/h2-6,21H,7-9H2,1H3,(H,19,20). The first kappa shape index (κ1) is 14.9. The number of hydrogen-bond acceptors (Lipinski definition) is 5. The van der Waals surface area contributed by atoms with Crippen LogP contribution in [0.5, 0.6) is 5.75 Å². The molecule has 0 fully saturated rings. The third kappa shape index (κ3) is 2.11. The maximum absolute atomic E-state index is 12.8. The van der Waals surface area contributed by atoms with Crippen LogP contribution in [0.4, 0.5) is 0 Å². The highest BCUT2D eigenvalue weighted by Gasteiger charge is 2.30. The molecule has 0 bridgehead atoms. The van der Waals surface area contributed by atoms with Crippen molar-refractivity contribution in [1.82, 2.24) is 10.2 Å². The molecule has 0 radical (unpaired) electrons. The van der Waals surface area contributed by atoms with E-state index in [1.165, 1.54) is 6.07 Å². The number of aromatic hydroxyl groups is 1. The number of carbonyl (C=O) groups is 1. The fourth-order valence-electron chi connectivity index (χ4n) is 3.13. The molecule has 6 heteroatoms. The van der Waals surface area contributed by atoms with E-state index in [1.54, 1.807) is 19.2 Å². The van der Waals surface area contributed by atoms with E-state index >= 15 is 0 Å². The molecule has 1 aliphatic carbocycles. The minimum Gasteiger partial charge on any atom is -0.507 e. The Morgan fingerprint density at radius 3 is 2.88 bits per heavy atom. The smallest absolute Gasteiger partial charge is 0.198 e. The lowest BCUT2D eigenvalue weighted by Gasteiger charge is -2.17. The molecular weight excluding hydrogens is 308 g/mol. The summed E-state index contributed by atoms with van der Waals surface area (Å²) in [5.74, 6) is -0.202. The van der Waals surface area contributed by atoms with Gasteiger partial charge in [-0.1, -0.05) is 18.2 Å². The Bertz CT molecular complexity index is 946. The molecule has 0 aliphatic heterocycles. The van der Waals surface area contributed by atoms with Crippen LogP contribution >= 0.6 is 0 Å². The first-order valence-electron chi connectivity index (χ1n) is 7.66. The van der Waals surface area contributed by atoms with Gasteiger partial charge in [0, 0.05) is 29.2 Å². The van der Waals surface area contributed by atoms with Crippen LogP contribution < -0.4 is 0 Å². The highest BCUT2D eigenvalue weighted by atomic mass is 16.5. The van der Waals surface area contributed by atoms with Crippen molar-refractivity contribution < 1.29 is 19.4 Å². The third-order valence-corrected chi connectivity index (χ3v) is 4.26. The summed E-state index contributed by atoms with van der Waals surface area (Å²) in [5.41, 5.74) is 3.92. The average molecular weight is 324 g/mol. The Balaban J connectivity index is 1.83. The third-order valence-electron chi connectivity index (χ3n) is 4.26. The van der Waals surface area contributed by atoms with Gasteiger partial charge in [0.2, 0.25) is 0 Å². The maximum atomic E-state index is 12.8. The summed E-state index contributed by atoms with van der Waals surface area (Å²) < 4.78 is 10.5. The summed E-state index contributed by atoms with van der Waals surface area (Å²) in [7, 11) is 1.63. The van der Waals surface area contributed by atoms with Crippen LogP contribution in [0.25, 0.3) is 22.2 Å². The second-order valence-electron chi connectivity index (χ2n) is 5.67. The molecule has 0 saturated carbocycles. The molecule has 0 saturated heterocycles. The molecule has 0 atom stereocenters. The summed E-state index contributed by atoms with van der Waals surface area (Å²) in [5, 5.41) is 18.3. The predicted molar refractivity (Wildman–Crippen MR) is 88.2 cm³/mol. The second kappa shape index (κ2) is 5.74. The first-order chi connectivity index (χ1) is 11.7. The van der Waals surface area contributed by atoms with Crippen LogP contribution in [0.1, 0.15) is 21.5 Å². The second-order valence-corrected chi connectivity index (χ2v) is 5.67. The molecule has 122 valence electrons. The van der Waals surface area contributed by atoms with Crippen molar-refractivity contribution >= 4 is 16.7 Å². The maximum Gasteiger partial charge on any atom is 0.198 e. The highest BCUT2D eigenvalue weighted by Crippen LogP contribution is 2.41. The van der Waals surface area contributed by atoms with Crippen LogP contribution in [-0.2, 0) is 16.1 Å². The summed E-state index contributed by atoms with van der Waals surface area (Å²) in [6.07, 6.45) is 0. The van der Waals surface area contributed by atoms with Crippen LogP contribution in [0, 0.1) is 0 Å². The quantitative estimate of drug-likeness (QED) is 0.551. The van der Waals surface area contributed by atoms with Crippen molar-refractivity contribution in [3.8, 4) is 17.0 Å². The summed E-state index contributed by atoms with van der Waals surface area (Å²) in [4.78, 5) is 12.8. The fourth-order valence-corrected chi connectivity index (χ4v) is 3.13. The van der Waals surface area contributed by atoms with Crippen molar-refractivity contribution in [3.63, 3.8) is 0 Å². The van der Waals surface area contributed by atoms with E-state index in [9.17, 15) is 9.90 Å². The number of aromatic amines is 1. The number of ketones is 1. The van der Waals surface area contributed by atoms with E-state index < -0.39 is 0 Å². The van der Waals surface area contributed by atoms with Gasteiger partial charge >= 0.3 is 0 Å². The average Bonchev–Trinajstić information content (AvgIpc) is 3.03. The molecule has 0 amide bonds. The Labute approximate surface area is 138 Å². The number of nitrogens with zero attached hydrogens (tertiary/aromatic N) is 1. The topological polar surface area (TPSA) is 84.4 Å². The van der Waals surface area contributed by atoms with E-state index in [0.29, 0.717) is 36.5 Å². The highest BCUT2D eigenvalue weighted by molar-refractivity contribution is 6.26. The van der Waals surface area contributed by atoms with Gasteiger partial charge in [-0.3, -0.25) is 9.89 Å². The van der Waals surface area contributed by atoms with Crippen molar-refractivity contribution in [2.24, 2.45) is 0 Å². The van der Waals surface area contributed by atoms with Gasteiger partial charge in [0.25, 0.3) is 0 Å². The Morgan fingerprint density at radius 2 is 2.04 bits per heavy atom. The Morgan fingerprint density at radius 1 is 1.17 bits per heavy atom. The minimum atomic E-state index is -0.186. The van der Waals surface area contributed by atoms with Gasteiger partial charge in [0.1, 0.15) is 5.75 Å². The number of carbonyl (C=O) groups excluding carboxylic acids is 1. The lowest BCUT2D eigenvalue weighted by atomic mass is 9.86. The van der Waals surface area contributed by atoms with E-state index in [-0.39, 0.29) is 11.5 Å². The number of hydrogen-bond donors (Lipinski definition) is 2. The van der Waals surface area contributed by atoms with Crippen LogP contribution in [0.15, 0.2) is 30.3 Å². The van der Waals surface area contributed by atoms with Crippen LogP contribution in [-0.4, -0.2) is 41.4 Å². The molecule has 0 spiro atoms. The lowest BCUT2D eigenvalue weighted by Crippen LogP contribution is -2.10. The van der Waals surface area contributed by atoms with E-state index in [2.05, 4.69) is 10.2 Å². The van der Waals surface area contributed by atoms with Crippen molar-refractivity contribution in [3.05, 3.63) is 47.0 Å². The largest absolute Gasteiger partial charge is 0.507 e. The number of aromatic nitrogens is 2. The zero-order valence-electron chi connectivity index (χ0n) is 13.1. The number of phenols is 1. The molecule has 4 rings (SSSR count). The number of nitrogens with one attached hydrogen (secondary N) is 1. The normalized spacial score (nSPS) is 12.6. The van der Waals surface area contributed by atoms with Gasteiger partial charge in [-0.25, -0.2) is 0 Å². The van der Waals surface area contributed by atoms with Crippen LogP contribution in [0.2, 0.25) is 0 Å². The number of fused-ring (bicyclic) bond motifs is 2. The van der Waals surface area contributed by atoms with Gasteiger partial charge in [-0.2, -0.15) is 5.10 Å². The molecule has 2 aromatic carbocycles. The predicted octanol–water partition coefficient (Wildman–Crippen LogP) is 2.64. The Kier molecular flexibility index (Phi) is 3.55. The molecule has 2 N–H and O–H groups in total. The molecule has 1 heterocycles. The van der Waals surface area contributed by atoms with Gasteiger partial charge in [-0.05, 0) is 12.1 Å². The summed E-state index contributed by atoms with van der Waals surface area (Å²) in [6.45, 7) is 1.41. The summed E-state index contributed by atoms with van der Waals surface area (Å²) >= 11 is 0. The number of ether oxygens (including phenoxy) is 2. The van der Waals surface area contributed by atoms with Crippen molar-refractivity contribution in [1.29, 1.82) is 0 Å². The zero-order chi connectivity index (χ0) is 16.7. The van der Waals surface area contributed by atoms with Gasteiger partial charge in [-0.15, -0.1) is 0 Å². The van der Waals surface area contributed by atoms with E-state index in [1.807, 2.05) is 12.1 Å². The Hall–Kier alpha value is -2.70. The van der Waals surface area contributed by atoms with Gasteiger partial charge in [0.05, 0.1) is 36.6 Å².